The van der Waals surface area contributed by atoms with Crippen molar-refractivity contribution in [1.29, 1.82) is 0 Å². The summed E-state index contributed by atoms with van der Waals surface area (Å²) in [6.07, 6.45) is 0. The summed E-state index contributed by atoms with van der Waals surface area (Å²) in [6.45, 7) is 1.85. The Morgan fingerprint density at radius 2 is 2.45 bits per heavy atom. The smallest absolute Gasteiger partial charge is 0.265 e. The molecule has 0 aliphatic rings. The molecule has 0 aromatic carbocycles. The third-order valence-corrected chi connectivity index (χ3v) is 1.82. The number of hydrogen-bond acceptors (Lipinski definition) is 1. The van der Waals surface area contributed by atoms with E-state index in [1.165, 1.54) is 0 Å². The Bertz CT molecular complexity index is 280. The molecule has 0 unspecified atom stereocenters. The highest BCUT2D eigenvalue weighted by Gasteiger charge is 2.06. The number of alkyl halides is 1. The molecule has 0 radical (unpaired) electrons. The van der Waals surface area contributed by atoms with E-state index in [9.17, 15) is 4.79 Å². The molecule has 0 aliphatic heterocycles. The molecule has 60 valence electrons. The number of hydrogen-bond donors (Lipinski definition) is 2. The first kappa shape index (κ1) is 8.14. The molecule has 4 heteroatoms. The third kappa shape index (κ3) is 1.54. The molecule has 0 spiro atoms. The molecule has 0 saturated heterocycles. The summed E-state index contributed by atoms with van der Waals surface area (Å²) in [5.74, 6) is -0.0558. The highest BCUT2D eigenvalue weighted by atomic mass is 35.5. The van der Waals surface area contributed by atoms with Crippen LogP contribution in [0.25, 0.3) is 0 Å². The molecule has 0 bridgehead atoms. The molecule has 3 nitrogen and oxygen atoms in total. The van der Waals surface area contributed by atoms with Crippen LogP contribution in [0.1, 0.15) is 21.7 Å². The summed E-state index contributed by atoms with van der Waals surface area (Å²) in [7, 11) is 0. The van der Waals surface area contributed by atoms with Crippen LogP contribution in [0.5, 0.6) is 0 Å². The third-order valence-electron chi connectivity index (χ3n) is 1.53. The Morgan fingerprint density at radius 3 is 2.73 bits per heavy atom. The van der Waals surface area contributed by atoms with Gasteiger partial charge >= 0.3 is 0 Å². The number of primary amides is 1. The van der Waals surface area contributed by atoms with E-state index >= 15 is 0 Å². The predicted octanol–water partition coefficient (Wildman–Crippen LogP) is 1.16. The van der Waals surface area contributed by atoms with E-state index in [2.05, 4.69) is 4.98 Å². The quantitative estimate of drug-likeness (QED) is 0.647. The number of rotatable bonds is 2. The number of nitrogens with one attached hydrogen (secondary N) is 1. The van der Waals surface area contributed by atoms with Crippen LogP contribution in [-0.2, 0) is 5.88 Å². The number of carbonyl (C=O) groups excluding carboxylic acids is 1. The Kier molecular flexibility index (Phi) is 2.19. The number of amides is 1. The van der Waals surface area contributed by atoms with Crippen molar-refractivity contribution in [3.63, 3.8) is 0 Å². The van der Waals surface area contributed by atoms with Crippen LogP contribution in [0, 0.1) is 6.92 Å². The zero-order valence-corrected chi connectivity index (χ0v) is 6.90. The van der Waals surface area contributed by atoms with Gasteiger partial charge in [-0.05, 0) is 18.6 Å². The summed E-state index contributed by atoms with van der Waals surface area (Å²) < 4.78 is 0. The van der Waals surface area contributed by atoms with Crippen LogP contribution in [0.4, 0.5) is 0 Å². The fourth-order valence-corrected chi connectivity index (χ4v) is 1.15. The Morgan fingerprint density at radius 1 is 1.82 bits per heavy atom. The molecule has 1 heterocycles. The van der Waals surface area contributed by atoms with Gasteiger partial charge in [-0.1, -0.05) is 0 Å². The summed E-state index contributed by atoms with van der Waals surface area (Å²) >= 11 is 5.58. The molecule has 0 fully saturated rings. The van der Waals surface area contributed by atoms with E-state index < -0.39 is 5.91 Å². The fraction of sp³-hybridized carbons (Fsp3) is 0.286. The topological polar surface area (TPSA) is 58.9 Å². The van der Waals surface area contributed by atoms with E-state index in [4.69, 9.17) is 17.3 Å². The number of aromatic amines is 1. The molecule has 1 aromatic rings. The van der Waals surface area contributed by atoms with Crippen molar-refractivity contribution < 1.29 is 4.79 Å². The molecular formula is C7H9ClN2O. The molecule has 0 saturated carbocycles. The number of aryl methyl sites for hydroxylation is 1. The van der Waals surface area contributed by atoms with E-state index in [0.717, 1.165) is 11.3 Å². The van der Waals surface area contributed by atoms with Crippen LogP contribution in [0.2, 0.25) is 0 Å². The summed E-state index contributed by atoms with van der Waals surface area (Å²) in [5, 5.41) is 0. The highest BCUT2D eigenvalue weighted by Crippen LogP contribution is 2.11. The lowest BCUT2D eigenvalue weighted by Gasteiger charge is -1.87. The Hall–Kier alpha value is -0.960. The van der Waals surface area contributed by atoms with Gasteiger partial charge in [0, 0.05) is 11.6 Å². The maximum Gasteiger partial charge on any atom is 0.265 e. The molecule has 0 aliphatic carbocycles. The first-order valence-corrected chi connectivity index (χ1v) is 3.73. The van der Waals surface area contributed by atoms with Crippen molar-refractivity contribution >= 4 is 17.5 Å². The highest BCUT2D eigenvalue weighted by molar-refractivity contribution is 6.17. The zero-order chi connectivity index (χ0) is 8.43. The van der Waals surface area contributed by atoms with Gasteiger partial charge in [-0.15, -0.1) is 11.6 Å². The second kappa shape index (κ2) is 2.96. The van der Waals surface area contributed by atoms with Gasteiger partial charge in [-0.2, -0.15) is 0 Å². The van der Waals surface area contributed by atoms with E-state index in [1.807, 2.05) is 6.92 Å². The second-order valence-electron chi connectivity index (χ2n) is 2.33. The van der Waals surface area contributed by atoms with Gasteiger partial charge in [0.2, 0.25) is 0 Å². The minimum Gasteiger partial charge on any atom is -0.364 e. The number of halogens is 1. The van der Waals surface area contributed by atoms with Crippen LogP contribution in [0.15, 0.2) is 6.07 Å². The Labute approximate surface area is 69.5 Å². The molecule has 0 atom stereocenters. The van der Waals surface area contributed by atoms with Gasteiger partial charge in [0.15, 0.2) is 0 Å². The van der Waals surface area contributed by atoms with Gasteiger partial charge in [0.05, 0.1) is 0 Å². The maximum atomic E-state index is 10.6. The van der Waals surface area contributed by atoms with Gasteiger partial charge in [-0.3, -0.25) is 4.79 Å². The van der Waals surface area contributed by atoms with E-state index in [-0.39, 0.29) is 0 Å². The van der Waals surface area contributed by atoms with Crippen molar-refractivity contribution in [2.75, 3.05) is 0 Å². The molecule has 11 heavy (non-hydrogen) atoms. The number of nitrogens with two attached hydrogens (primary N) is 1. The van der Waals surface area contributed by atoms with Crippen LogP contribution < -0.4 is 5.73 Å². The van der Waals surface area contributed by atoms with Crippen molar-refractivity contribution in [2.45, 2.75) is 12.8 Å². The van der Waals surface area contributed by atoms with Gasteiger partial charge in [0.25, 0.3) is 5.91 Å². The average molecular weight is 173 g/mol. The van der Waals surface area contributed by atoms with Gasteiger partial charge in [0.1, 0.15) is 5.69 Å². The minimum atomic E-state index is -0.454. The van der Waals surface area contributed by atoms with Crippen molar-refractivity contribution in [1.82, 2.24) is 4.98 Å². The lowest BCUT2D eigenvalue weighted by molar-refractivity contribution is 0.0996. The van der Waals surface area contributed by atoms with Gasteiger partial charge < -0.3 is 10.7 Å². The number of carbonyl (C=O) groups is 1. The van der Waals surface area contributed by atoms with Crippen LogP contribution >= 0.6 is 11.6 Å². The molecular weight excluding hydrogens is 164 g/mol. The minimum absolute atomic E-state index is 0.398. The predicted molar refractivity (Wildman–Crippen MR) is 43.6 cm³/mol. The summed E-state index contributed by atoms with van der Waals surface area (Å²) in [6, 6.07) is 1.67. The molecule has 3 N–H and O–H groups in total. The van der Waals surface area contributed by atoms with E-state index in [1.54, 1.807) is 6.07 Å². The second-order valence-corrected chi connectivity index (χ2v) is 2.60. The summed E-state index contributed by atoms with van der Waals surface area (Å²) in [4.78, 5) is 13.5. The summed E-state index contributed by atoms with van der Waals surface area (Å²) in [5.41, 5.74) is 7.27. The van der Waals surface area contributed by atoms with Gasteiger partial charge in [-0.25, -0.2) is 0 Å². The van der Waals surface area contributed by atoms with Crippen molar-refractivity contribution in [3.05, 3.63) is 23.0 Å². The first-order valence-electron chi connectivity index (χ1n) is 3.19. The van der Waals surface area contributed by atoms with Crippen molar-refractivity contribution in [2.24, 2.45) is 5.73 Å². The zero-order valence-electron chi connectivity index (χ0n) is 6.15. The lowest BCUT2D eigenvalue weighted by atomic mass is 10.3. The number of H-pyrrole nitrogens is 1. The molecule has 1 aromatic heterocycles. The fourth-order valence-electron chi connectivity index (χ4n) is 0.872. The normalized spacial score (nSPS) is 10.0. The maximum absolute atomic E-state index is 10.6. The van der Waals surface area contributed by atoms with Crippen LogP contribution in [0.3, 0.4) is 0 Å². The van der Waals surface area contributed by atoms with E-state index in [0.29, 0.717) is 11.6 Å². The van der Waals surface area contributed by atoms with Crippen LogP contribution in [-0.4, -0.2) is 10.9 Å². The lowest BCUT2D eigenvalue weighted by Crippen LogP contribution is -2.10. The monoisotopic (exact) mass is 172 g/mol. The first-order chi connectivity index (χ1) is 5.15. The number of aromatic nitrogens is 1. The molecule has 1 rings (SSSR count). The SMILES string of the molecule is Cc1[nH]c(C(N)=O)cc1CCl. The average Bonchev–Trinajstić information content (AvgIpc) is 2.31. The van der Waals surface area contributed by atoms with Crippen molar-refractivity contribution in [3.8, 4) is 0 Å². The largest absolute Gasteiger partial charge is 0.364 e. The molecule has 1 amide bonds. The standard InChI is InChI=1S/C7H9ClN2O/c1-4-5(3-8)2-6(10-4)7(9)11/h2,10H,3H2,1H3,(H2,9,11). The Balaban J connectivity index is 3.05.